The summed E-state index contributed by atoms with van der Waals surface area (Å²) in [4.78, 5) is 5.50. The fourth-order valence-corrected chi connectivity index (χ4v) is 24.4. The summed E-state index contributed by atoms with van der Waals surface area (Å²) in [7, 11) is -5.50. The molecule has 0 aromatic heterocycles. The van der Waals surface area contributed by atoms with E-state index in [-0.39, 0.29) is 6.85 Å². The van der Waals surface area contributed by atoms with Gasteiger partial charge in [-0.1, -0.05) is 176 Å². The third kappa shape index (κ3) is 3.37. The number of rotatable bonds is 0. The maximum absolute atomic E-state index is 2.81. The van der Waals surface area contributed by atoms with Crippen molar-refractivity contribution >= 4 is 104 Å². The minimum atomic E-state index is -2.76. The SMILES string of the molecule is Cc1cc2c3c(c1)N1c4ccccc4[Si]4(c5ccccc5-c5ccccc54)c4cccc(c41)B3N1c3ccccc3[Si]3(c4ccccc4-c4ccccc43)c3cccc-2c31. The van der Waals surface area contributed by atoms with E-state index in [0.717, 1.165) is 0 Å². The molecule has 0 aliphatic carbocycles. The molecule has 0 fully saturated rings. The first-order valence-electron chi connectivity index (χ1n) is 21.3. The van der Waals surface area contributed by atoms with Crippen LogP contribution in [-0.2, 0) is 0 Å². The molecule has 0 radical (unpaired) electrons. The number of hydrogen-bond acceptors (Lipinski definition) is 2. The fraction of sp³-hybridized carbons (Fsp3) is 0.0182. The van der Waals surface area contributed by atoms with Crippen LogP contribution in [0.15, 0.2) is 194 Å². The highest BCUT2D eigenvalue weighted by molar-refractivity contribution is 7.25. The predicted octanol–water partition coefficient (Wildman–Crippen LogP) is 6.05. The molecule has 0 saturated heterocycles. The van der Waals surface area contributed by atoms with Gasteiger partial charge < -0.3 is 9.71 Å². The van der Waals surface area contributed by atoms with Gasteiger partial charge in [0.2, 0.25) is 0 Å². The summed E-state index contributed by atoms with van der Waals surface area (Å²) in [5.41, 5.74) is 19.2. The van der Waals surface area contributed by atoms with E-state index in [0.29, 0.717) is 0 Å². The highest BCUT2D eigenvalue weighted by Gasteiger charge is 2.60. The highest BCUT2D eigenvalue weighted by Crippen LogP contribution is 2.50. The molecule has 0 amide bonds. The van der Waals surface area contributed by atoms with Crippen LogP contribution in [0.4, 0.5) is 28.4 Å². The molecule has 2 spiro atoms. The second-order valence-electron chi connectivity index (χ2n) is 17.5. The van der Waals surface area contributed by atoms with Crippen molar-refractivity contribution in [2.24, 2.45) is 0 Å². The third-order valence-corrected chi connectivity index (χ3v) is 24.9. The minimum absolute atomic E-state index is 0.0157. The number of nitrogens with zero attached hydrogens (tertiary/aromatic N) is 2. The summed E-state index contributed by atoms with van der Waals surface area (Å²) < 4.78 is 0. The van der Waals surface area contributed by atoms with Crippen LogP contribution in [0.5, 0.6) is 0 Å². The Bertz CT molecular complexity index is 3370. The van der Waals surface area contributed by atoms with Crippen molar-refractivity contribution in [2.45, 2.75) is 6.92 Å². The van der Waals surface area contributed by atoms with Crippen molar-refractivity contribution < 1.29 is 0 Å². The lowest BCUT2D eigenvalue weighted by atomic mass is 9.43. The molecule has 15 rings (SSSR count). The van der Waals surface area contributed by atoms with Crippen LogP contribution >= 0.6 is 0 Å². The number of anilines is 5. The van der Waals surface area contributed by atoms with Gasteiger partial charge in [-0.15, -0.1) is 0 Å². The second-order valence-corrected chi connectivity index (χ2v) is 24.8. The average Bonchev–Trinajstić information content (AvgIpc) is 3.77. The van der Waals surface area contributed by atoms with Crippen LogP contribution in [0.25, 0.3) is 33.4 Å². The molecule has 5 heteroatoms. The molecule has 0 saturated carbocycles. The summed E-state index contributed by atoms with van der Waals surface area (Å²) in [5, 5.41) is 12.0. The maximum Gasteiger partial charge on any atom is 0.333 e. The fourth-order valence-electron chi connectivity index (χ4n) is 13.2. The lowest BCUT2D eigenvalue weighted by Gasteiger charge is -2.53. The number of para-hydroxylation sites is 4. The Morgan fingerprint density at radius 2 is 0.783 bits per heavy atom. The van der Waals surface area contributed by atoms with Crippen molar-refractivity contribution in [1.82, 2.24) is 0 Å². The van der Waals surface area contributed by atoms with Gasteiger partial charge in [0.05, 0.1) is 0 Å². The normalized spacial score (nSPS) is 15.9. The van der Waals surface area contributed by atoms with Gasteiger partial charge in [0.15, 0.2) is 16.1 Å². The molecule has 60 heavy (non-hydrogen) atoms. The first kappa shape index (κ1) is 32.0. The van der Waals surface area contributed by atoms with Gasteiger partial charge in [-0.3, -0.25) is 0 Å². The van der Waals surface area contributed by atoms with Crippen molar-refractivity contribution in [1.29, 1.82) is 0 Å². The van der Waals surface area contributed by atoms with Crippen LogP contribution in [0, 0.1) is 6.92 Å². The molecule has 9 aromatic carbocycles. The molecule has 6 aliphatic heterocycles. The monoisotopic (exact) mass is 790 g/mol. The van der Waals surface area contributed by atoms with E-state index >= 15 is 0 Å². The largest absolute Gasteiger partial charge is 0.376 e. The second kappa shape index (κ2) is 10.8. The van der Waals surface area contributed by atoms with Gasteiger partial charge in [-0.25, -0.2) is 0 Å². The molecule has 276 valence electrons. The van der Waals surface area contributed by atoms with E-state index in [1.54, 1.807) is 0 Å². The third-order valence-electron chi connectivity index (χ3n) is 15.1. The van der Waals surface area contributed by atoms with Gasteiger partial charge in [0, 0.05) is 34.0 Å². The van der Waals surface area contributed by atoms with Crippen LogP contribution < -0.4 is 62.1 Å². The summed E-state index contributed by atoms with van der Waals surface area (Å²) >= 11 is 0. The molecule has 0 bridgehead atoms. The molecule has 6 heterocycles. The Morgan fingerprint density at radius 1 is 0.350 bits per heavy atom. The van der Waals surface area contributed by atoms with Crippen LogP contribution in [0.1, 0.15) is 5.56 Å². The van der Waals surface area contributed by atoms with E-state index in [1.807, 2.05) is 0 Å². The zero-order valence-corrected chi connectivity index (χ0v) is 34.9. The molecule has 0 unspecified atom stereocenters. The van der Waals surface area contributed by atoms with Crippen LogP contribution in [0.2, 0.25) is 0 Å². The number of benzene rings is 9. The van der Waals surface area contributed by atoms with E-state index < -0.39 is 16.1 Å². The Morgan fingerprint density at radius 3 is 1.37 bits per heavy atom. The van der Waals surface area contributed by atoms with Crippen molar-refractivity contribution in [3.8, 4) is 33.4 Å². The lowest BCUT2D eigenvalue weighted by molar-refractivity contribution is 1.26. The van der Waals surface area contributed by atoms with Gasteiger partial charge >= 0.3 is 6.85 Å². The zero-order valence-electron chi connectivity index (χ0n) is 32.9. The standard InChI is InChI=1S/C55H35BN2Si2/c1-34-32-40-39-20-14-30-51-54(39)58(43-23-7-13-29-50(43)60(51)47-26-10-4-18-37(47)38-19-5-11-27-48(38)60)56-41-21-15-31-52-55(41)57(44(33-34)53(40)56)42-22-6-12-28-49(42)59(52)45-24-8-2-16-35(45)36-17-3-9-25-46(36)59/h2-33H,1H3. The topological polar surface area (TPSA) is 6.48 Å². The molecular weight excluding hydrogens is 756 g/mol. The Balaban J connectivity index is 1.11. The summed E-state index contributed by atoms with van der Waals surface area (Å²) in [6.07, 6.45) is 0. The number of hydrogen-bond donors (Lipinski definition) is 0. The molecule has 2 nitrogen and oxygen atoms in total. The minimum Gasteiger partial charge on any atom is -0.376 e. The van der Waals surface area contributed by atoms with Crippen molar-refractivity contribution in [3.05, 3.63) is 200 Å². The summed E-state index contributed by atoms with van der Waals surface area (Å²) in [5.74, 6) is 0. The Hall–Kier alpha value is -6.92. The lowest BCUT2D eigenvalue weighted by Crippen LogP contribution is -2.79. The van der Waals surface area contributed by atoms with Gasteiger partial charge in [-0.2, -0.15) is 0 Å². The van der Waals surface area contributed by atoms with Gasteiger partial charge in [0.1, 0.15) is 0 Å². The number of aryl methyl sites for hydroxylation is 1. The van der Waals surface area contributed by atoms with Crippen molar-refractivity contribution in [3.63, 3.8) is 0 Å². The first-order valence-corrected chi connectivity index (χ1v) is 25.3. The average molecular weight is 791 g/mol. The smallest absolute Gasteiger partial charge is 0.333 e. The predicted molar refractivity (Wildman–Crippen MR) is 257 cm³/mol. The first-order chi connectivity index (χ1) is 29.7. The van der Waals surface area contributed by atoms with Crippen LogP contribution in [-0.4, -0.2) is 23.0 Å². The maximum atomic E-state index is 2.81. The Labute approximate surface area is 351 Å². The molecule has 0 atom stereocenters. The molecule has 0 N–H and O–H groups in total. The molecule has 9 aromatic rings. The van der Waals surface area contributed by atoms with Crippen LogP contribution in [0.3, 0.4) is 0 Å². The van der Waals surface area contributed by atoms with E-state index in [1.165, 1.54) is 120 Å². The summed E-state index contributed by atoms with van der Waals surface area (Å²) in [6, 6.07) is 75.9. The quantitative estimate of drug-likeness (QED) is 0.173. The Kier molecular flexibility index (Phi) is 5.77. The van der Waals surface area contributed by atoms with Crippen molar-refractivity contribution in [2.75, 3.05) is 9.71 Å². The van der Waals surface area contributed by atoms with Gasteiger partial charge in [0.25, 0.3) is 0 Å². The molecule has 6 aliphatic rings. The molecular formula is C55H35BN2Si2. The highest BCUT2D eigenvalue weighted by atomic mass is 28.3. The summed E-state index contributed by atoms with van der Waals surface area (Å²) in [6.45, 7) is 2.29. The van der Waals surface area contributed by atoms with Gasteiger partial charge in [-0.05, 0) is 111 Å². The zero-order chi connectivity index (χ0) is 39.1. The van der Waals surface area contributed by atoms with E-state index in [2.05, 4.69) is 211 Å². The van der Waals surface area contributed by atoms with E-state index in [9.17, 15) is 0 Å². The van der Waals surface area contributed by atoms with E-state index in [4.69, 9.17) is 0 Å². The number of fused-ring (bicyclic) bond motifs is 22.